The van der Waals surface area contributed by atoms with Gasteiger partial charge in [-0.25, -0.2) is 9.18 Å². The summed E-state index contributed by atoms with van der Waals surface area (Å²) >= 11 is 0. The molecule has 2 aromatic rings. The number of nitrogens with zero attached hydrogens (tertiary/aromatic N) is 2. The lowest BCUT2D eigenvalue weighted by Crippen LogP contribution is -2.51. The van der Waals surface area contributed by atoms with E-state index in [1.54, 1.807) is 12.1 Å². The van der Waals surface area contributed by atoms with Crippen molar-refractivity contribution >= 4 is 11.7 Å². The van der Waals surface area contributed by atoms with Crippen LogP contribution in [0.2, 0.25) is 0 Å². The topological polar surface area (TPSA) is 35.6 Å². The van der Waals surface area contributed by atoms with E-state index in [9.17, 15) is 9.18 Å². The maximum atomic E-state index is 12.9. The summed E-state index contributed by atoms with van der Waals surface area (Å²) in [5, 5.41) is 2.90. The highest BCUT2D eigenvalue weighted by molar-refractivity contribution is 5.74. The van der Waals surface area contributed by atoms with Crippen LogP contribution in [0.25, 0.3) is 0 Å². The smallest absolute Gasteiger partial charge is 0.317 e. The number of amides is 2. The van der Waals surface area contributed by atoms with Crippen LogP contribution in [0.3, 0.4) is 0 Å². The lowest BCUT2D eigenvalue weighted by atomic mass is 10.2. The predicted molar refractivity (Wildman–Crippen MR) is 93.6 cm³/mol. The fraction of sp³-hybridized carbons (Fsp3) is 0.316. The fourth-order valence-corrected chi connectivity index (χ4v) is 2.82. The van der Waals surface area contributed by atoms with Crippen LogP contribution in [-0.4, -0.2) is 37.1 Å². The van der Waals surface area contributed by atoms with Crippen LogP contribution >= 0.6 is 0 Å². The molecule has 1 aliphatic rings. The summed E-state index contributed by atoms with van der Waals surface area (Å²) in [6, 6.07) is 14.6. The van der Waals surface area contributed by atoms with Crippen molar-refractivity contribution in [2.45, 2.75) is 13.5 Å². The van der Waals surface area contributed by atoms with Crippen LogP contribution < -0.4 is 10.2 Å². The highest BCUT2D eigenvalue weighted by Crippen LogP contribution is 2.17. The van der Waals surface area contributed by atoms with E-state index in [0.29, 0.717) is 19.6 Å². The molecule has 126 valence electrons. The molecule has 24 heavy (non-hydrogen) atoms. The van der Waals surface area contributed by atoms with Crippen molar-refractivity contribution in [3.8, 4) is 0 Å². The molecule has 3 rings (SSSR count). The zero-order valence-corrected chi connectivity index (χ0v) is 13.8. The Morgan fingerprint density at radius 2 is 1.62 bits per heavy atom. The van der Waals surface area contributed by atoms with Gasteiger partial charge in [-0.15, -0.1) is 0 Å². The molecular formula is C19H22FN3O. The number of hydrogen-bond donors (Lipinski definition) is 1. The van der Waals surface area contributed by atoms with E-state index >= 15 is 0 Å². The van der Waals surface area contributed by atoms with Gasteiger partial charge in [-0.1, -0.05) is 29.8 Å². The van der Waals surface area contributed by atoms with Gasteiger partial charge in [-0.3, -0.25) is 0 Å². The SMILES string of the molecule is Cc1ccc(N2CCN(C(=O)NCc3ccc(F)cc3)CC2)cc1. The van der Waals surface area contributed by atoms with Crippen molar-refractivity contribution in [3.05, 3.63) is 65.5 Å². The third kappa shape index (κ3) is 4.04. The summed E-state index contributed by atoms with van der Waals surface area (Å²) in [6.07, 6.45) is 0. The molecule has 1 saturated heterocycles. The molecule has 1 N–H and O–H groups in total. The van der Waals surface area contributed by atoms with E-state index in [-0.39, 0.29) is 11.8 Å². The highest BCUT2D eigenvalue weighted by Gasteiger charge is 2.20. The molecule has 1 fully saturated rings. The number of halogens is 1. The van der Waals surface area contributed by atoms with Gasteiger partial charge in [0.05, 0.1) is 0 Å². The Kier molecular flexibility index (Phi) is 4.99. The van der Waals surface area contributed by atoms with Crippen LogP contribution in [0.15, 0.2) is 48.5 Å². The van der Waals surface area contributed by atoms with Gasteiger partial charge in [0.15, 0.2) is 0 Å². The summed E-state index contributed by atoms with van der Waals surface area (Å²) in [5.74, 6) is -0.266. The van der Waals surface area contributed by atoms with Crippen molar-refractivity contribution < 1.29 is 9.18 Å². The molecule has 2 amide bonds. The lowest BCUT2D eigenvalue weighted by Gasteiger charge is -2.36. The van der Waals surface area contributed by atoms with Gasteiger partial charge < -0.3 is 15.1 Å². The van der Waals surface area contributed by atoms with Crippen molar-refractivity contribution in [2.24, 2.45) is 0 Å². The first-order valence-electron chi connectivity index (χ1n) is 8.21. The Labute approximate surface area is 141 Å². The number of anilines is 1. The minimum absolute atomic E-state index is 0.0668. The molecule has 0 aromatic heterocycles. The number of rotatable bonds is 3. The summed E-state index contributed by atoms with van der Waals surface area (Å²) in [7, 11) is 0. The van der Waals surface area contributed by atoms with E-state index in [0.717, 1.165) is 18.7 Å². The second kappa shape index (κ2) is 7.34. The van der Waals surface area contributed by atoms with E-state index in [4.69, 9.17) is 0 Å². The minimum atomic E-state index is -0.266. The minimum Gasteiger partial charge on any atom is -0.368 e. The normalized spacial score (nSPS) is 14.6. The standard InChI is InChI=1S/C19H22FN3O/c1-15-2-8-18(9-3-15)22-10-12-23(13-11-22)19(24)21-14-16-4-6-17(20)7-5-16/h2-9H,10-14H2,1H3,(H,21,24). The second-order valence-corrected chi connectivity index (χ2v) is 6.09. The number of benzene rings is 2. The third-order valence-corrected chi connectivity index (χ3v) is 4.32. The number of aryl methyl sites for hydroxylation is 1. The van der Waals surface area contributed by atoms with Gasteiger partial charge in [-0.2, -0.15) is 0 Å². The summed E-state index contributed by atoms with van der Waals surface area (Å²) < 4.78 is 12.9. The zero-order chi connectivity index (χ0) is 16.9. The molecule has 1 heterocycles. The Hall–Kier alpha value is -2.56. The summed E-state index contributed by atoms with van der Waals surface area (Å²) in [4.78, 5) is 16.4. The Balaban J connectivity index is 1.48. The van der Waals surface area contributed by atoms with Crippen LogP contribution in [0.1, 0.15) is 11.1 Å². The fourth-order valence-electron chi connectivity index (χ4n) is 2.82. The molecule has 4 nitrogen and oxygen atoms in total. The maximum Gasteiger partial charge on any atom is 0.317 e. The first-order chi connectivity index (χ1) is 11.6. The number of carbonyl (C=O) groups excluding carboxylic acids is 1. The molecule has 1 aliphatic heterocycles. The van der Waals surface area contributed by atoms with Crippen LogP contribution in [0, 0.1) is 12.7 Å². The maximum absolute atomic E-state index is 12.9. The highest BCUT2D eigenvalue weighted by atomic mass is 19.1. The van der Waals surface area contributed by atoms with E-state index in [2.05, 4.69) is 41.4 Å². The number of nitrogens with one attached hydrogen (secondary N) is 1. The Morgan fingerprint density at radius 1 is 1.00 bits per heavy atom. The first-order valence-corrected chi connectivity index (χ1v) is 8.21. The van der Waals surface area contributed by atoms with Gasteiger partial charge in [0.2, 0.25) is 0 Å². The molecule has 0 radical (unpaired) electrons. The quantitative estimate of drug-likeness (QED) is 0.940. The largest absolute Gasteiger partial charge is 0.368 e. The van der Waals surface area contributed by atoms with Gasteiger partial charge >= 0.3 is 6.03 Å². The molecular weight excluding hydrogens is 305 g/mol. The molecule has 0 saturated carbocycles. The second-order valence-electron chi connectivity index (χ2n) is 6.09. The molecule has 2 aromatic carbocycles. The van der Waals surface area contributed by atoms with Crippen LogP contribution in [0.5, 0.6) is 0 Å². The summed E-state index contributed by atoms with van der Waals surface area (Å²) in [5.41, 5.74) is 3.34. The van der Waals surface area contributed by atoms with Crippen molar-refractivity contribution in [2.75, 3.05) is 31.1 Å². The van der Waals surface area contributed by atoms with Crippen LogP contribution in [-0.2, 0) is 6.54 Å². The van der Waals surface area contributed by atoms with Crippen LogP contribution in [0.4, 0.5) is 14.9 Å². The molecule has 0 atom stereocenters. The predicted octanol–water partition coefficient (Wildman–Crippen LogP) is 3.17. The monoisotopic (exact) mass is 327 g/mol. The van der Waals surface area contributed by atoms with Gasteiger partial charge in [0.1, 0.15) is 5.82 Å². The molecule has 0 bridgehead atoms. The lowest BCUT2D eigenvalue weighted by molar-refractivity contribution is 0.194. The number of piperazine rings is 1. The van der Waals surface area contributed by atoms with E-state index in [1.807, 2.05) is 4.90 Å². The number of carbonyl (C=O) groups is 1. The van der Waals surface area contributed by atoms with Gasteiger partial charge in [0.25, 0.3) is 0 Å². The van der Waals surface area contributed by atoms with Crippen molar-refractivity contribution in [3.63, 3.8) is 0 Å². The Bertz CT molecular complexity index is 677. The molecule has 5 heteroatoms. The van der Waals surface area contributed by atoms with E-state index in [1.165, 1.54) is 23.4 Å². The average molecular weight is 327 g/mol. The Morgan fingerprint density at radius 3 is 2.25 bits per heavy atom. The summed E-state index contributed by atoms with van der Waals surface area (Å²) in [6.45, 7) is 5.54. The van der Waals surface area contributed by atoms with Crippen molar-refractivity contribution in [1.82, 2.24) is 10.2 Å². The van der Waals surface area contributed by atoms with Crippen molar-refractivity contribution in [1.29, 1.82) is 0 Å². The average Bonchev–Trinajstić information content (AvgIpc) is 2.62. The van der Waals surface area contributed by atoms with Gasteiger partial charge in [0, 0.05) is 38.4 Å². The molecule has 0 spiro atoms. The zero-order valence-electron chi connectivity index (χ0n) is 13.8. The van der Waals surface area contributed by atoms with E-state index < -0.39 is 0 Å². The van der Waals surface area contributed by atoms with Gasteiger partial charge in [-0.05, 0) is 36.8 Å². The third-order valence-electron chi connectivity index (χ3n) is 4.32. The molecule has 0 aliphatic carbocycles. The number of hydrogen-bond acceptors (Lipinski definition) is 2. The molecule has 0 unspecified atom stereocenters. The first kappa shape index (κ1) is 16.3. The number of urea groups is 1.